The van der Waals surface area contributed by atoms with Gasteiger partial charge in [0.1, 0.15) is 5.58 Å². The van der Waals surface area contributed by atoms with Gasteiger partial charge in [-0.25, -0.2) is 4.79 Å². The molecule has 0 N–H and O–H groups in total. The van der Waals surface area contributed by atoms with E-state index < -0.39 is 5.63 Å². The summed E-state index contributed by atoms with van der Waals surface area (Å²) >= 11 is 0. The second kappa shape index (κ2) is 3.28. The molecule has 15 heavy (non-hydrogen) atoms. The third-order valence-electron chi connectivity index (χ3n) is 1.99. The Morgan fingerprint density at radius 2 is 1.93 bits per heavy atom. The van der Waals surface area contributed by atoms with Crippen LogP contribution in [0.1, 0.15) is 11.1 Å². The summed E-state index contributed by atoms with van der Waals surface area (Å²) in [6.45, 7) is 0. The third kappa shape index (κ3) is 1.45. The first kappa shape index (κ1) is 8.98. The van der Waals surface area contributed by atoms with E-state index in [-0.39, 0.29) is 5.58 Å². The second-order valence-corrected chi connectivity index (χ2v) is 2.91. The lowest BCUT2D eigenvalue weighted by atomic mass is 10.1. The van der Waals surface area contributed by atoms with Crippen molar-refractivity contribution < 1.29 is 4.42 Å². The Morgan fingerprint density at radius 3 is 2.60 bits per heavy atom. The van der Waals surface area contributed by atoms with Gasteiger partial charge in [-0.2, -0.15) is 10.5 Å². The molecule has 0 aliphatic heterocycles. The minimum absolute atomic E-state index is 0.262. The first-order valence-corrected chi connectivity index (χ1v) is 4.12. The van der Waals surface area contributed by atoms with Gasteiger partial charge < -0.3 is 4.42 Å². The molecule has 0 unspecified atom stereocenters. The molecule has 0 spiro atoms. The highest BCUT2D eigenvalue weighted by molar-refractivity contribution is 5.84. The molecule has 4 nitrogen and oxygen atoms in total. The average molecular weight is 196 g/mol. The number of fused-ring (bicyclic) bond motifs is 1. The molecule has 0 saturated carbocycles. The smallest absolute Gasteiger partial charge is 0.336 e. The molecule has 1 heterocycles. The van der Waals surface area contributed by atoms with Gasteiger partial charge in [-0.3, -0.25) is 0 Å². The normalized spacial score (nSPS) is 9.47. The Hall–Kier alpha value is -2.59. The molecule has 1 aromatic carbocycles. The fourth-order valence-electron chi connectivity index (χ4n) is 1.33. The van der Waals surface area contributed by atoms with Gasteiger partial charge in [0.05, 0.1) is 23.3 Å². The van der Waals surface area contributed by atoms with Crippen LogP contribution in [0.25, 0.3) is 11.0 Å². The fourth-order valence-corrected chi connectivity index (χ4v) is 1.33. The highest BCUT2D eigenvalue weighted by Gasteiger charge is 2.05. The van der Waals surface area contributed by atoms with E-state index in [9.17, 15) is 4.79 Å². The zero-order valence-corrected chi connectivity index (χ0v) is 7.52. The van der Waals surface area contributed by atoms with Gasteiger partial charge in [0.15, 0.2) is 0 Å². The van der Waals surface area contributed by atoms with E-state index in [0.29, 0.717) is 16.5 Å². The lowest BCUT2D eigenvalue weighted by Gasteiger charge is -1.98. The fraction of sp³-hybridized carbons (Fsp3) is 0. The summed E-state index contributed by atoms with van der Waals surface area (Å²) in [5.74, 6) is 0. The summed E-state index contributed by atoms with van der Waals surface area (Å²) in [4.78, 5) is 11.0. The van der Waals surface area contributed by atoms with Gasteiger partial charge in [-0.1, -0.05) is 0 Å². The topological polar surface area (TPSA) is 77.8 Å². The Labute approximate surface area is 84.6 Å². The van der Waals surface area contributed by atoms with Gasteiger partial charge in [0, 0.05) is 11.5 Å². The predicted octanol–water partition coefficient (Wildman–Crippen LogP) is 1.54. The maximum absolute atomic E-state index is 11.0. The first-order valence-electron chi connectivity index (χ1n) is 4.12. The molecule has 0 bridgehead atoms. The van der Waals surface area contributed by atoms with E-state index in [1.165, 1.54) is 24.3 Å². The zero-order chi connectivity index (χ0) is 10.8. The maximum atomic E-state index is 11.0. The Bertz CT molecular complexity index is 672. The van der Waals surface area contributed by atoms with Crippen molar-refractivity contribution in [1.82, 2.24) is 0 Å². The Morgan fingerprint density at radius 1 is 1.13 bits per heavy atom. The van der Waals surface area contributed by atoms with Crippen LogP contribution in [-0.2, 0) is 0 Å². The number of nitrogens with zero attached hydrogens (tertiary/aromatic N) is 2. The largest absolute Gasteiger partial charge is 0.423 e. The van der Waals surface area contributed by atoms with E-state index in [1.807, 2.05) is 12.1 Å². The molecule has 2 rings (SSSR count). The number of hydrogen-bond donors (Lipinski definition) is 0. The van der Waals surface area contributed by atoms with E-state index >= 15 is 0 Å². The summed E-state index contributed by atoms with van der Waals surface area (Å²) in [7, 11) is 0. The molecule has 4 heteroatoms. The molecule has 2 aromatic rings. The predicted molar refractivity (Wildman–Crippen MR) is 51.9 cm³/mol. The SMILES string of the molecule is N#Cc1cc(C#N)c2ccc(=O)oc2c1. The number of rotatable bonds is 0. The monoisotopic (exact) mass is 196 g/mol. The average Bonchev–Trinajstić information content (AvgIpc) is 2.26. The minimum Gasteiger partial charge on any atom is -0.423 e. The molecule has 0 radical (unpaired) electrons. The van der Waals surface area contributed by atoms with Crippen molar-refractivity contribution in [2.75, 3.05) is 0 Å². The molecule has 0 aliphatic carbocycles. The van der Waals surface area contributed by atoms with Crippen LogP contribution in [0.5, 0.6) is 0 Å². The van der Waals surface area contributed by atoms with Gasteiger partial charge in [0.2, 0.25) is 0 Å². The van der Waals surface area contributed by atoms with Crippen LogP contribution in [0.4, 0.5) is 0 Å². The van der Waals surface area contributed by atoms with Crippen molar-refractivity contribution >= 4 is 11.0 Å². The van der Waals surface area contributed by atoms with Gasteiger partial charge >= 0.3 is 5.63 Å². The molecule has 0 saturated heterocycles. The van der Waals surface area contributed by atoms with Gasteiger partial charge in [0.25, 0.3) is 0 Å². The highest BCUT2D eigenvalue weighted by Crippen LogP contribution is 2.18. The van der Waals surface area contributed by atoms with Crippen LogP contribution < -0.4 is 5.63 Å². The van der Waals surface area contributed by atoms with E-state index in [4.69, 9.17) is 14.9 Å². The Balaban J connectivity index is 2.96. The molecule has 0 atom stereocenters. The Kier molecular flexibility index (Phi) is 1.97. The first-order chi connectivity index (χ1) is 7.24. The summed E-state index contributed by atoms with van der Waals surface area (Å²) in [5.41, 5.74) is 0.390. The van der Waals surface area contributed by atoms with Crippen LogP contribution in [0.15, 0.2) is 33.5 Å². The summed E-state index contributed by atoms with van der Waals surface area (Å²) < 4.78 is 4.89. The quantitative estimate of drug-likeness (QED) is 0.598. The molecule has 0 amide bonds. The molecule has 70 valence electrons. The maximum Gasteiger partial charge on any atom is 0.336 e. The number of benzene rings is 1. The van der Waals surface area contributed by atoms with Crippen molar-refractivity contribution in [1.29, 1.82) is 10.5 Å². The van der Waals surface area contributed by atoms with Crippen LogP contribution >= 0.6 is 0 Å². The minimum atomic E-state index is -0.499. The zero-order valence-electron chi connectivity index (χ0n) is 7.52. The van der Waals surface area contributed by atoms with Crippen LogP contribution in [0.2, 0.25) is 0 Å². The molecular formula is C11H4N2O2. The lowest BCUT2D eigenvalue weighted by Crippen LogP contribution is -1.95. The third-order valence-corrected chi connectivity index (χ3v) is 1.99. The van der Waals surface area contributed by atoms with E-state index in [2.05, 4.69) is 0 Å². The van der Waals surface area contributed by atoms with Crippen molar-refractivity contribution in [3.63, 3.8) is 0 Å². The van der Waals surface area contributed by atoms with Gasteiger partial charge in [-0.05, 0) is 18.2 Å². The lowest BCUT2D eigenvalue weighted by molar-refractivity contribution is 0.561. The standard InChI is InChI=1S/C11H4N2O2/c12-5-7-3-8(6-13)9-1-2-11(14)15-10(9)4-7/h1-4H. The summed E-state index contributed by atoms with van der Waals surface area (Å²) in [6, 6.07) is 9.51. The van der Waals surface area contributed by atoms with E-state index in [0.717, 1.165) is 0 Å². The molecule has 0 fully saturated rings. The van der Waals surface area contributed by atoms with Crippen molar-refractivity contribution in [3.8, 4) is 12.1 Å². The van der Waals surface area contributed by atoms with Gasteiger partial charge in [-0.15, -0.1) is 0 Å². The van der Waals surface area contributed by atoms with Crippen LogP contribution in [0, 0.1) is 22.7 Å². The van der Waals surface area contributed by atoms with Crippen molar-refractivity contribution in [2.45, 2.75) is 0 Å². The summed E-state index contributed by atoms with van der Waals surface area (Å²) in [5, 5.41) is 18.1. The van der Waals surface area contributed by atoms with E-state index in [1.54, 1.807) is 0 Å². The molecular weight excluding hydrogens is 192 g/mol. The molecule has 0 aliphatic rings. The summed E-state index contributed by atoms with van der Waals surface area (Å²) in [6.07, 6.45) is 0. The van der Waals surface area contributed by atoms with Crippen molar-refractivity contribution in [3.05, 3.63) is 45.8 Å². The highest BCUT2D eigenvalue weighted by atomic mass is 16.4. The van der Waals surface area contributed by atoms with Crippen LogP contribution in [0.3, 0.4) is 0 Å². The number of nitriles is 2. The second-order valence-electron chi connectivity index (χ2n) is 2.91. The van der Waals surface area contributed by atoms with Crippen molar-refractivity contribution in [2.24, 2.45) is 0 Å². The molecule has 1 aromatic heterocycles. The number of hydrogen-bond acceptors (Lipinski definition) is 4. The van der Waals surface area contributed by atoms with Crippen LogP contribution in [-0.4, -0.2) is 0 Å².